The number of hydrogen-bond acceptors (Lipinski definition) is 1. The number of hydrogen-bond donors (Lipinski definition) is 0. The number of carbonyl (C=O) groups is 1. The molecule has 19 heavy (non-hydrogen) atoms. The Morgan fingerprint density at radius 1 is 1.11 bits per heavy atom. The molecule has 1 aliphatic rings. The van der Waals surface area contributed by atoms with E-state index in [1.807, 2.05) is 12.1 Å². The molecule has 0 spiro atoms. The second-order valence-electron chi connectivity index (χ2n) is 4.86. The summed E-state index contributed by atoms with van der Waals surface area (Å²) in [6, 6.07) is 13.6. The van der Waals surface area contributed by atoms with E-state index < -0.39 is 0 Å². The Morgan fingerprint density at radius 2 is 1.74 bits per heavy atom. The lowest BCUT2D eigenvalue weighted by molar-refractivity contribution is 0.0924. The van der Waals surface area contributed by atoms with E-state index in [2.05, 4.69) is 28.1 Å². The van der Waals surface area contributed by atoms with Gasteiger partial charge >= 0.3 is 0 Å². The fourth-order valence-corrected chi connectivity index (χ4v) is 3.53. The van der Waals surface area contributed by atoms with E-state index in [0.717, 1.165) is 22.9 Å². The van der Waals surface area contributed by atoms with E-state index in [-0.39, 0.29) is 11.7 Å². The third-order valence-electron chi connectivity index (χ3n) is 3.62. The van der Waals surface area contributed by atoms with E-state index in [1.54, 1.807) is 18.2 Å². The number of ketones is 1. The van der Waals surface area contributed by atoms with E-state index >= 15 is 0 Å². The molecule has 3 rings (SSSR count). The van der Waals surface area contributed by atoms with Crippen LogP contribution in [0.1, 0.15) is 21.5 Å². The SMILES string of the molecule is O=C(c1ccc(Cl)cc1Br)C1Cc2ccccc2C1. The normalized spacial score (nSPS) is 14.4. The lowest BCUT2D eigenvalue weighted by Gasteiger charge is -2.10. The minimum Gasteiger partial charge on any atom is -0.294 e. The number of carbonyl (C=O) groups excluding carboxylic acids is 1. The van der Waals surface area contributed by atoms with Crippen molar-refractivity contribution in [3.8, 4) is 0 Å². The van der Waals surface area contributed by atoms with Crippen LogP contribution in [0.2, 0.25) is 5.02 Å². The summed E-state index contributed by atoms with van der Waals surface area (Å²) in [4.78, 5) is 12.6. The van der Waals surface area contributed by atoms with Crippen molar-refractivity contribution in [3.05, 3.63) is 68.7 Å². The third kappa shape index (κ3) is 2.47. The first-order valence-corrected chi connectivity index (χ1v) is 7.38. The molecule has 0 amide bonds. The van der Waals surface area contributed by atoms with Crippen LogP contribution in [0.15, 0.2) is 46.9 Å². The molecule has 2 aromatic rings. The van der Waals surface area contributed by atoms with Crippen LogP contribution < -0.4 is 0 Å². The summed E-state index contributed by atoms with van der Waals surface area (Å²) >= 11 is 9.34. The van der Waals surface area contributed by atoms with Crippen LogP contribution in [-0.4, -0.2) is 5.78 Å². The maximum Gasteiger partial charge on any atom is 0.167 e. The van der Waals surface area contributed by atoms with Gasteiger partial charge in [0.15, 0.2) is 5.78 Å². The van der Waals surface area contributed by atoms with Crippen molar-refractivity contribution >= 4 is 33.3 Å². The molecule has 0 radical (unpaired) electrons. The minimum atomic E-state index is 0.0508. The van der Waals surface area contributed by atoms with E-state index in [9.17, 15) is 4.79 Å². The van der Waals surface area contributed by atoms with Crippen molar-refractivity contribution in [1.29, 1.82) is 0 Å². The van der Waals surface area contributed by atoms with Crippen LogP contribution in [-0.2, 0) is 12.8 Å². The van der Waals surface area contributed by atoms with Gasteiger partial charge in [-0.2, -0.15) is 0 Å². The van der Waals surface area contributed by atoms with Crippen LogP contribution in [0, 0.1) is 5.92 Å². The zero-order chi connectivity index (χ0) is 13.4. The fraction of sp³-hybridized carbons (Fsp3) is 0.188. The molecule has 0 N–H and O–H groups in total. The van der Waals surface area contributed by atoms with Gasteiger partial charge in [0.25, 0.3) is 0 Å². The van der Waals surface area contributed by atoms with Crippen molar-refractivity contribution in [2.75, 3.05) is 0 Å². The monoisotopic (exact) mass is 334 g/mol. The Morgan fingerprint density at radius 3 is 2.32 bits per heavy atom. The number of fused-ring (bicyclic) bond motifs is 1. The molecule has 2 aromatic carbocycles. The second-order valence-corrected chi connectivity index (χ2v) is 6.15. The van der Waals surface area contributed by atoms with Crippen LogP contribution >= 0.6 is 27.5 Å². The summed E-state index contributed by atoms with van der Waals surface area (Å²) in [6.45, 7) is 0. The molecule has 96 valence electrons. The fourth-order valence-electron chi connectivity index (χ4n) is 2.65. The van der Waals surface area contributed by atoms with Crippen LogP contribution in [0.5, 0.6) is 0 Å². The van der Waals surface area contributed by atoms with Gasteiger partial charge in [-0.25, -0.2) is 0 Å². The van der Waals surface area contributed by atoms with Crippen molar-refractivity contribution in [1.82, 2.24) is 0 Å². The Hall–Kier alpha value is -1.12. The van der Waals surface area contributed by atoms with Gasteiger partial charge in [0.05, 0.1) is 0 Å². The summed E-state index contributed by atoms with van der Waals surface area (Å²) in [5.41, 5.74) is 3.32. The molecular weight excluding hydrogens is 324 g/mol. The highest BCUT2D eigenvalue weighted by molar-refractivity contribution is 9.10. The van der Waals surface area contributed by atoms with E-state index in [0.29, 0.717) is 5.02 Å². The molecule has 1 nitrogen and oxygen atoms in total. The van der Waals surface area contributed by atoms with Crippen molar-refractivity contribution in [3.63, 3.8) is 0 Å². The average Bonchev–Trinajstić information content (AvgIpc) is 2.81. The van der Waals surface area contributed by atoms with Gasteiger partial charge in [0.2, 0.25) is 0 Å². The summed E-state index contributed by atoms with van der Waals surface area (Å²) in [6.07, 6.45) is 1.67. The zero-order valence-electron chi connectivity index (χ0n) is 10.2. The van der Waals surface area contributed by atoms with Crippen molar-refractivity contribution < 1.29 is 4.79 Å². The molecule has 0 heterocycles. The first-order chi connectivity index (χ1) is 9.15. The Labute approximate surface area is 125 Å². The molecule has 0 aliphatic heterocycles. The highest BCUT2D eigenvalue weighted by Gasteiger charge is 2.28. The van der Waals surface area contributed by atoms with Crippen LogP contribution in [0.4, 0.5) is 0 Å². The van der Waals surface area contributed by atoms with Gasteiger partial charge in [-0.15, -0.1) is 0 Å². The molecule has 0 bridgehead atoms. The number of Topliss-reactive ketones (excluding diaryl/α,β-unsaturated/α-hetero) is 1. The largest absolute Gasteiger partial charge is 0.294 e. The quantitative estimate of drug-likeness (QED) is 0.727. The summed E-state index contributed by atoms with van der Waals surface area (Å²) < 4.78 is 0.779. The number of benzene rings is 2. The maximum atomic E-state index is 12.6. The average molecular weight is 336 g/mol. The predicted octanol–water partition coefficient (Wildman–Crippen LogP) is 4.70. The van der Waals surface area contributed by atoms with Gasteiger partial charge in [-0.1, -0.05) is 35.9 Å². The van der Waals surface area contributed by atoms with Gasteiger partial charge in [-0.3, -0.25) is 4.79 Å². The second kappa shape index (κ2) is 5.10. The lowest BCUT2D eigenvalue weighted by atomic mass is 9.95. The molecule has 0 saturated carbocycles. The molecule has 0 fully saturated rings. The van der Waals surface area contributed by atoms with E-state index in [1.165, 1.54) is 11.1 Å². The first-order valence-electron chi connectivity index (χ1n) is 6.21. The van der Waals surface area contributed by atoms with Crippen molar-refractivity contribution in [2.45, 2.75) is 12.8 Å². The van der Waals surface area contributed by atoms with Gasteiger partial charge in [-0.05, 0) is 58.1 Å². The van der Waals surface area contributed by atoms with E-state index in [4.69, 9.17) is 11.6 Å². The predicted molar refractivity (Wildman–Crippen MR) is 80.8 cm³/mol. The highest BCUT2D eigenvalue weighted by Crippen LogP contribution is 2.31. The molecule has 0 atom stereocenters. The van der Waals surface area contributed by atoms with Gasteiger partial charge < -0.3 is 0 Å². The maximum absolute atomic E-state index is 12.6. The molecular formula is C16H12BrClO. The lowest BCUT2D eigenvalue weighted by Crippen LogP contribution is -2.15. The first kappa shape index (κ1) is 12.9. The minimum absolute atomic E-state index is 0.0508. The summed E-state index contributed by atoms with van der Waals surface area (Å²) in [7, 11) is 0. The number of halogens is 2. The highest BCUT2D eigenvalue weighted by atomic mass is 79.9. The zero-order valence-corrected chi connectivity index (χ0v) is 12.5. The Balaban J connectivity index is 1.87. The molecule has 0 aromatic heterocycles. The summed E-state index contributed by atoms with van der Waals surface area (Å²) in [5.74, 6) is 0.245. The number of rotatable bonds is 2. The summed E-state index contributed by atoms with van der Waals surface area (Å²) in [5, 5.41) is 0.637. The van der Waals surface area contributed by atoms with Crippen molar-refractivity contribution in [2.24, 2.45) is 5.92 Å². The molecule has 0 saturated heterocycles. The van der Waals surface area contributed by atoms with Gasteiger partial charge in [0.1, 0.15) is 0 Å². The smallest absolute Gasteiger partial charge is 0.167 e. The third-order valence-corrected chi connectivity index (χ3v) is 4.51. The molecule has 0 unspecified atom stereocenters. The Bertz CT molecular complexity index is 626. The molecule has 3 heteroatoms. The Kier molecular flexibility index (Phi) is 3.46. The molecule has 1 aliphatic carbocycles. The van der Waals surface area contributed by atoms with Crippen LogP contribution in [0.3, 0.4) is 0 Å². The standard InChI is InChI=1S/C16H12BrClO/c17-15-9-13(18)5-6-14(15)16(19)12-7-10-3-1-2-4-11(10)8-12/h1-6,9,12H,7-8H2. The van der Waals surface area contributed by atoms with Gasteiger partial charge in [0, 0.05) is 21.0 Å². The topological polar surface area (TPSA) is 17.1 Å². The van der Waals surface area contributed by atoms with Crippen LogP contribution in [0.25, 0.3) is 0 Å².